The first-order chi connectivity index (χ1) is 24.4. The number of amides is 1. The Bertz CT molecular complexity index is 1800. The van der Waals surface area contributed by atoms with Crippen molar-refractivity contribution in [2.75, 3.05) is 18.5 Å². The van der Waals surface area contributed by atoms with Crippen molar-refractivity contribution in [1.82, 2.24) is 19.7 Å². The van der Waals surface area contributed by atoms with Crippen molar-refractivity contribution >= 4 is 57.1 Å². The Morgan fingerprint density at radius 1 is 1.06 bits per heavy atom. The molecule has 0 aromatic heterocycles. The number of benzene rings is 3. The summed E-state index contributed by atoms with van der Waals surface area (Å²) < 4.78 is 37.9. The third kappa shape index (κ3) is 10.2. The lowest BCUT2D eigenvalue weighted by atomic mass is 10.0. The van der Waals surface area contributed by atoms with E-state index in [0.717, 1.165) is 34.6 Å². The van der Waals surface area contributed by atoms with Crippen molar-refractivity contribution in [2.24, 2.45) is 0 Å². The van der Waals surface area contributed by atoms with Crippen LogP contribution in [-0.2, 0) is 48.5 Å². The SMILES string of the molecule is CCOC(=O)C(CCc1ccc(CNS(=O)(=O)c2cc3c(cc2Cl)NC(CCc2ccccc2)NS3)cc1)N[C@@H](C)C(=O)N1CCC[C@H]1C(=O)O. The summed E-state index contributed by atoms with van der Waals surface area (Å²) in [5.41, 5.74) is 3.65. The molecule has 1 amide bonds. The second kappa shape index (κ2) is 17.7. The Morgan fingerprint density at radius 3 is 2.47 bits per heavy atom. The van der Waals surface area contributed by atoms with Gasteiger partial charge in [-0.25, -0.2) is 22.7 Å². The molecule has 274 valence electrons. The van der Waals surface area contributed by atoms with Gasteiger partial charge in [0.05, 0.1) is 29.5 Å². The Labute approximate surface area is 308 Å². The van der Waals surface area contributed by atoms with Crippen LogP contribution in [-0.4, -0.2) is 73.7 Å². The monoisotopic (exact) mass is 757 g/mol. The maximum Gasteiger partial charge on any atom is 0.326 e. The third-order valence-electron chi connectivity index (χ3n) is 8.95. The number of carboxylic acid groups (broad SMARTS) is 1. The molecule has 0 bridgehead atoms. The van der Waals surface area contributed by atoms with Gasteiger partial charge in [0.1, 0.15) is 17.0 Å². The molecule has 4 atom stereocenters. The summed E-state index contributed by atoms with van der Waals surface area (Å²) in [7, 11) is -3.94. The molecule has 2 aliphatic rings. The maximum absolute atomic E-state index is 13.3. The van der Waals surface area contributed by atoms with Crippen LogP contribution in [0.4, 0.5) is 5.69 Å². The number of aliphatic carboxylic acids is 1. The first kappa shape index (κ1) is 38.6. The number of halogens is 1. The van der Waals surface area contributed by atoms with Crippen molar-refractivity contribution < 1.29 is 32.6 Å². The largest absolute Gasteiger partial charge is 0.480 e. The number of carbonyl (C=O) groups excluding carboxylic acids is 2. The minimum absolute atomic E-state index is 0.00394. The first-order valence-corrected chi connectivity index (χ1v) is 19.7. The number of ether oxygens (including phenoxy) is 1. The molecule has 2 aliphatic heterocycles. The van der Waals surface area contributed by atoms with Crippen molar-refractivity contribution in [2.45, 2.75) is 93.0 Å². The Balaban J connectivity index is 1.14. The van der Waals surface area contributed by atoms with Gasteiger partial charge in [-0.2, -0.15) is 0 Å². The van der Waals surface area contributed by atoms with Gasteiger partial charge in [0.25, 0.3) is 0 Å². The molecule has 51 heavy (non-hydrogen) atoms. The molecular formula is C36H44ClN5O7S2. The van der Waals surface area contributed by atoms with Gasteiger partial charge in [-0.1, -0.05) is 66.2 Å². The molecular weight excluding hydrogens is 714 g/mol. The minimum atomic E-state index is -3.94. The predicted octanol–water partition coefficient (Wildman–Crippen LogP) is 4.72. The number of aryl methyl sites for hydroxylation is 2. The lowest BCUT2D eigenvalue weighted by molar-refractivity contribution is -0.150. The van der Waals surface area contributed by atoms with E-state index in [-0.39, 0.29) is 35.1 Å². The van der Waals surface area contributed by atoms with E-state index >= 15 is 0 Å². The van der Waals surface area contributed by atoms with E-state index in [2.05, 4.69) is 32.2 Å². The van der Waals surface area contributed by atoms with Gasteiger partial charge in [0, 0.05) is 18.0 Å². The summed E-state index contributed by atoms with van der Waals surface area (Å²) >= 11 is 7.87. The molecule has 2 heterocycles. The molecule has 0 saturated carbocycles. The Kier molecular flexibility index (Phi) is 13.4. The molecule has 3 aromatic rings. The highest BCUT2D eigenvalue weighted by molar-refractivity contribution is 7.97. The van der Waals surface area contributed by atoms with Crippen molar-refractivity contribution in [3.63, 3.8) is 0 Å². The number of likely N-dealkylation sites (tertiary alicyclic amines) is 1. The number of anilines is 1. The van der Waals surface area contributed by atoms with Gasteiger partial charge in [-0.3, -0.25) is 14.9 Å². The number of hydrogen-bond acceptors (Lipinski definition) is 10. The fraction of sp³-hybridized carbons (Fsp3) is 0.417. The van der Waals surface area contributed by atoms with Gasteiger partial charge < -0.3 is 20.1 Å². The third-order valence-corrected chi connectivity index (χ3v) is 11.8. The van der Waals surface area contributed by atoms with Crippen LogP contribution >= 0.6 is 23.5 Å². The molecule has 15 heteroatoms. The lowest BCUT2D eigenvalue weighted by Crippen LogP contribution is -2.53. The predicted molar refractivity (Wildman–Crippen MR) is 197 cm³/mol. The smallest absolute Gasteiger partial charge is 0.326 e. The van der Waals surface area contributed by atoms with Crippen molar-refractivity contribution in [3.8, 4) is 0 Å². The Hall–Kier alpha value is -3.66. The summed E-state index contributed by atoms with van der Waals surface area (Å²) in [6.07, 6.45) is 3.54. The maximum atomic E-state index is 13.3. The molecule has 3 aromatic carbocycles. The van der Waals surface area contributed by atoms with Crippen LogP contribution in [0.3, 0.4) is 0 Å². The minimum Gasteiger partial charge on any atom is -0.480 e. The Morgan fingerprint density at radius 2 is 1.76 bits per heavy atom. The van der Waals surface area contributed by atoms with Crippen molar-refractivity contribution in [3.05, 3.63) is 88.4 Å². The molecule has 5 N–H and O–H groups in total. The topological polar surface area (TPSA) is 166 Å². The summed E-state index contributed by atoms with van der Waals surface area (Å²) in [5, 5.41) is 16.1. The average molecular weight is 758 g/mol. The molecule has 12 nitrogen and oxygen atoms in total. The van der Waals surface area contributed by atoms with Crippen molar-refractivity contribution in [1.29, 1.82) is 0 Å². The number of carboxylic acids is 1. The molecule has 0 aliphatic carbocycles. The van der Waals surface area contributed by atoms with Gasteiger partial charge in [-0.15, -0.1) is 0 Å². The zero-order valence-electron chi connectivity index (χ0n) is 28.6. The normalized spacial score (nSPS) is 18.4. The summed E-state index contributed by atoms with van der Waals surface area (Å²) in [4.78, 5) is 39.5. The first-order valence-electron chi connectivity index (χ1n) is 17.0. The number of hydrogen-bond donors (Lipinski definition) is 5. The van der Waals surface area contributed by atoms with E-state index in [0.29, 0.717) is 32.2 Å². The number of fused-ring (bicyclic) bond motifs is 1. The standard InChI is InChI=1S/C36H44ClN5O7S2/c1-3-49-36(46)28(39-23(2)34(43)42-19-7-10-30(42)35(44)45)17-15-25-11-13-26(14-12-25)22-38-51(47,48)32-21-31-29(20-27(32)37)40-33(41-50-31)18-16-24-8-5-4-6-9-24/h4-6,8-9,11-14,20-21,23,28,30,33,38-41H,3,7,10,15-19,22H2,1-2H3,(H,44,45)/t23-,28?,30-,33?/m0/s1. The fourth-order valence-electron chi connectivity index (χ4n) is 6.19. The number of carbonyl (C=O) groups is 3. The van der Waals surface area contributed by atoms with Crippen LogP contribution in [0.25, 0.3) is 0 Å². The quantitative estimate of drug-likeness (QED) is 0.101. The molecule has 1 saturated heterocycles. The highest BCUT2D eigenvalue weighted by Crippen LogP contribution is 2.37. The molecule has 0 spiro atoms. The van der Waals surface area contributed by atoms with E-state index in [1.54, 1.807) is 26.0 Å². The van der Waals surface area contributed by atoms with E-state index in [4.69, 9.17) is 16.3 Å². The zero-order chi connectivity index (χ0) is 36.5. The van der Waals surface area contributed by atoms with Gasteiger partial charge in [0.2, 0.25) is 15.9 Å². The summed E-state index contributed by atoms with van der Waals surface area (Å²) in [5.74, 6) is -1.90. The summed E-state index contributed by atoms with van der Waals surface area (Å²) in [6.45, 7) is 3.90. The van der Waals surface area contributed by atoms with Crippen LogP contribution in [0.15, 0.2) is 76.5 Å². The molecule has 2 unspecified atom stereocenters. The second-order valence-electron chi connectivity index (χ2n) is 12.6. The van der Waals surface area contributed by atoms with Crippen LogP contribution < -0.4 is 20.1 Å². The number of rotatable bonds is 16. The van der Waals surface area contributed by atoms with Crippen LogP contribution in [0.1, 0.15) is 56.2 Å². The zero-order valence-corrected chi connectivity index (χ0v) is 31.0. The lowest BCUT2D eigenvalue weighted by Gasteiger charge is -2.28. The number of nitrogens with one attached hydrogen (secondary N) is 4. The van der Waals surface area contributed by atoms with E-state index in [1.807, 2.05) is 42.5 Å². The van der Waals surface area contributed by atoms with Crippen LogP contribution in [0.5, 0.6) is 0 Å². The van der Waals surface area contributed by atoms with Crippen LogP contribution in [0.2, 0.25) is 5.02 Å². The van der Waals surface area contributed by atoms with Gasteiger partial charge >= 0.3 is 11.9 Å². The number of nitrogens with zero attached hydrogens (tertiary/aromatic N) is 1. The number of sulfonamides is 1. The van der Waals surface area contributed by atoms with Gasteiger partial charge in [-0.05, 0) is 93.1 Å². The average Bonchev–Trinajstić information content (AvgIpc) is 3.62. The second-order valence-corrected chi connectivity index (χ2v) is 15.6. The molecule has 1 fully saturated rings. The van der Waals surface area contributed by atoms with E-state index in [1.165, 1.54) is 22.4 Å². The van der Waals surface area contributed by atoms with E-state index in [9.17, 15) is 27.9 Å². The van der Waals surface area contributed by atoms with Gasteiger partial charge in [0.15, 0.2) is 0 Å². The number of esters is 1. The fourth-order valence-corrected chi connectivity index (χ4v) is 8.68. The van der Waals surface area contributed by atoms with E-state index < -0.39 is 40.1 Å². The molecule has 0 radical (unpaired) electrons. The van der Waals surface area contributed by atoms with Crippen LogP contribution in [0, 0.1) is 0 Å². The highest BCUT2D eigenvalue weighted by atomic mass is 35.5. The highest BCUT2D eigenvalue weighted by Gasteiger charge is 2.37. The summed E-state index contributed by atoms with van der Waals surface area (Å²) in [6, 6.07) is 18.3. The molecule has 5 rings (SSSR count).